The lowest BCUT2D eigenvalue weighted by Gasteiger charge is -2.30. The zero-order chi connectivity index (χ0) is 21.8. The van der Waals surface area contributed by atoms with E-state index in [4.69, 9.17) is 4.74 Å². The third kappa shape index (κ3) is 3.93. The molecule has 0 aromatic heterocycles. The third-order valence-electron chi connectivity index (χ3n) is 5.72. The van der Waals surface area contributed by atoms with Gasteiger partial charge in [0.1, 0.15) is 11.5 Å². The van der Waals surface area contributed by atoms with Crippen molar-refractivity contribution in [3.05, 3.63) is 137 Å². The Morgan fingerprint density at radius 2 is 1.34 bits per heavy atom. The second-order valence-electron chi connectivity index (χ2n) is 7.82. The predicted molar refractivity (Wildman–Crippen MR) is 132 cm³/mol. The number of rotatable bonds is 5. The second-order valence-corrected chi connectivity index (χ2v) is 7.82. The summed E-state index contributed by atoms with van der Waals surface area (Å²) in [6.45, 7) is 2.16. The Morgan fingerprint density at radius 1 is 0.719 bits per heavy atom. The zero-order valence-electron chi connectivity index (χ0n) is 17.9. The second kappa shape index (κ2) is 8.94. The maximum atomic E-state index is 6.49. The van der Waals surface area contributed by atoms with Crippen LogP contribution in [0, 0.1) is 6.92 Å². The van der Waals surface area contributed by atoms with Crippen LogP contribution in [-0.4, -0.2) is 6.21 Å². The molecule has 4 aromatic rings. The summed E-state index contributed by atoms with van der Waals surface area (Å²) >= 11 is 0. The normalized spacial score (nSPS) is 15.3. The van der Waals surface area contributed by atoms with E-state index in [1.165, 1.54) is 11.1 Å². The number of nitrogens with zero attached hydrogens (tertiary/aromatic N) is 1. The molecule has 0 saturated heterocycles. The van der Waals surface area contributed by atoms with Gasteiger partial charge in [-0.2, -0.15) is 5.10 Å². The van der Waals surface area contributed by atoms with Crippen LogP contribution in [0.1, 0.15) is 28.2 Å². The van der Waals surface area contributed by atoms with E-state index in [1.54, 1.807) is 0 Å². The van der Waals surface area contributed by atoms with E-state index >= 15 is 0 Å². The van der Waals surface area contributed by atoms with Crippen LogP contribution in [0.5, 0.6) is 5.75 Å². The van der Waals surface area contributed by atoms with Gasteiger partial charge in [0.2, 0.25) is 0 Å². The van der Waals surface area contributed by atoms with Gasteiger partial charge in [0.25, 0.3) is 0 Å². The minimum atomic E-state index is 0.0117. The van der Waals surface area contributed by atoms with Crippen molar-refractivity contribution < 1.29 is 4.74 Å². The van der Waals surface area contributed by atoms with Crippen LogP contribution in [0.15, 0.2) is 120 Å². The number of para-hydroxylation sites is 2. The zero-order valence-corrected chi connectivity index (χ0v) is 17.9. The molecule has 1 heterocycles. The van der Waals surface area contributed by atoms with Crippen LogP contribution in [0.2, 0.25) is 0 Å². The van der Waals surface area contributed by atoms with Crippen LogP contribution in [0.3, 0.4) is 0 Å². The van der Waals surface area contributed by atoms with Crippen molar-refractivity contribution in [3.63, 3.8) is 0 Å². The Hall–Kier alpha value is -4.11. The summed E-state index contributed by atoms with van der Waals surface area (Å²) in [6, 6.07) is 37.0. The molecular formula is C29H24N2O. The molecule has 3 nitrogen and oxygen atoms in total. The largest absolute Gasteiger partial charge is 0.456 e. The summed E-state index contributed by atoms with van der Waals surface area (Å²) in [5.74, 6) is 1.72. The number of hydrogen-bond acceptors (Lipinski definition) is 3. The Morgan fingerprint density at radius 3 is 2.09 bits per heavy atom. The maximum Gasteiger partial charge on any atom is 0.140 e. The molecule has 5 rings (SSSR count). The molecule has 1 aliphatic heterocycles. The molecular weight excluding hydrogens is 392 g/mol. The van der Waals surface area contributed by atoms with Gasteiger partial charge >= 0.3 is 0 Å². The highest BCUT2D eigenvalue weighted by Crippen LogP contribution is 2.45. The van der Waals surface area contributed by atoms with Crippen LogP contribution in [-0.2, 0) is 0 Å². The molecule has 0 saturated carbocycles. The molecule has 0 bridgehead atoms. The predicted octanol–water partition coefficient (Wildman–Crippen LogP) is 7.03. The van der Waals surface area contributed by atoms with Crippen molar-refractivity contribution in [3.8, 4) is 5.75 Å². The fourth-order valence-electron chi connectivity index (χ4n) is 4.16. The standard InChI is InChI=1S/C29H24N2O/c1-21-12-8-9-17-24(21)28-25-18-10-11-19-27(25)32-29(22-13-4-2-5-14-22)26(28)20-30-31-23-15-6-3-7-16-23/h2-20,28,31H,1H3/b30-20+/t28-/m1/s1. The summed E-state index contributed by atoms with van der Waals surface area (Å²) in [5.41, 5.74) is 9.77. The Balaban J connectivity index is 1.68. The number of ether oxygens (including phenoxy) is 1. The number of anilines is 1. The van der Waals surface area contributed by atoms with E-state index in [1.807, 2.05) is 66.9 Å². The number of fused-ring (bicyclic) bond motifs is 1. The first-order valence-corrected chi connectivity index (χ1v) is 10.8. The van der Waals surface area contributed by atoms with Crippen molar-refractivity contribution >= 4 is 17.7 Å². The van der Waals surface area contributed by atoms with E-state index in [9.17, 15) is 0 Å². The molecule has 1 atom stereocenters. The summed E-state index contributed by atoms with van der Waals surface area (Å²) in [7, 11) is 0. The average molecular weight is 417 g/mol. The summed E-state index contributed by atoms with van der Waals surface area (Å²) < 4.78 is 6.49. The van der Waals surface area contributed by atoms with Gasteiger partial charge in [0, 0.05) is 22.6 Å². The smallest absolute Gasteiger partial charge is 0.140 e. The molecule has 1 N–H and O–H groups in total. The quantitative estimate of drug-likeness (QED) is 0.280. The minimum absolute atomic E-state index is 0.0117. The van der Waals surface area contributed by atoms with Crippen LogP contribution >= 0.6 is 0 Å². The number of aryl methyl sites for hydroxylation is 1. The molecule has 0 spiro atoms. The summed E-state index contributed by atoms with van der Waals surface area (Å²) in [4.78, 5) is 0. The first-order valence-electron chi connectivity index (χ1n) is 10.8. The number of hydrogen-bond donors (Lipinski definition) is 1. The van der Waals surface area contributed by atoms with E-state index in [2.05, 4.69) is 66.0 Å². The highest BCUT2D eigenvalue weighted by molar-refractivity contribution is 5.94. The molecule has 0 fully saturated rings. The van der Waals surface area contributed by atoms with E-state index in [0.29, 0.717) is 0 Å². The van der Waals surface area contributed by atoms with Gasteiger partial charge in [0.05, 0.1) is 11.9 Å². The highest BCUT2D eigenvalue weighted by atomic mass is 16.5. The molecule has 0 radical (unpaired) electrons. The van der Waals surface area contributed by atoms with Gasteiger partial charge in [0.15, 0.2) is 0 Å². The van der Waals surface area contributed by atoms with Crippen molar-refractivity contribution in [2.45, 2.75) is 12.8 Å². The molecule has 1 aliphatic rings. The minimum Gasteiger partial charge on any atom is -0.456 e. The van der Waals surface area contributed by atoms with Crippen LogP contribution < -0.4 is 10.2 Å². The molecule has 156 valence electrons. The molecule has 3 heteroatoms. The van der Waals surface area contributed by atoms with Crippen molar-refractivity contribution in [1.29, 1.82) is 0 Å². The van der Waals surface area contributed by atoms with E-state index < -0.39 is 0 Å². The molecule has 0 unspecified atom stereocenters. The van der Waals surface area contributed by atoms with Crippen LogP contribution in [0.4, 0.5) is 5.69 Å². The Labute approximate surface area is 188 Å². The summed E-state index contributed by atoms with van der Waals surface area (Å²) in [5, 5.41) is 4.61. The van der Waals surface area contributed by atoms with Gasteiger partial charge in [-0.05, 0) is 36.2 Å². The highest BCUT2D eigenvalue weighted by Gasteiger charge is 2.31. The van der Waals surface area contributed by atoms with E-state index in [0.717, 1.165) is 33.9 Å². The average Bonchev–Trinajstić information content (AvgIpc) is 2.85. The topological polar surface area (TPSA) is 33.6 Å². The van der Waals surface area contributed by atoms with Crippen molar-refractivity contribution in [2.24, 2.45) is 5.10 Å². The monoisotopic (exact) mass is 416 g/mol. The molecule has 0 aliphatic carbocycles. The molecule has 0 amide bonds. The van der Waals surface area contributed by atoms with Crippen molar-refractivity contribution in [1.82, 2.24) is 0 Å². The Kier molecular flexibility index (Phi) is 5.54. The first-order chi connectivity index (χ1) is 15.8. The molecule has 4 aromatic carbocycles. The van der Waals surface area contributed by atoms with E-state index in [-0.39, 0.29) is 5.92 Å². The van der Waals surface area contributed by atoms with Gasteiger partial charge in [-0.15, -0.1) is 0 Å². The number of nitrogens with one attached hydrogen (secondary N) is 1. The fraction of sp³-hybridized carbons (Fsp3) is 0.0690. The number of benzene rings is 4. The van der Waals surface area contributed by atoms with Gasteiger partial charge in [-0.3, -0.25) is 5.43 Å². The van der Waals surface area contributed by atoms with Gasteiger partial charge < -0.3 is 4.74 Å². The number of hydrazone groups is 1. The lowest BCUT2D eigenvalue weighted by Crippen LogP contribution is -2.18. The summed E-state index contributed by atoms with van der Waals surface area (Å²) in [6.07, 6.45) is 1.91. The first kappa shape index (κ1) is 19.8. The number of allylic oxidation sites excluding steroid dienone is 1. The third-order valence-corrected chi connectivity index (χ3v) is 5.72. The Bertz CT molecular complexity index is 1280. The van der Waals surface area contributed by atoms with Gasteiger partial charge in [-0.1, -0.05) is 91.0 Å². The van der Waals surface area contributed by atoms with Crippen molar-refractivity contribution in [2.75, 3.05) is 5.43 Å². The lowest BCUT2D eigenvalue weighted by atomic mass is 9.80. The van der Waals surface area contributed by atoms with Gasteiger partial charge in [-0.25, -0.2) is 0 Å². The lowest BCUT2D eigenvalue weighted by molar-refractivity contribution is 0.489. The molecule has 32 heavy (non-hydrogen) atoms. The SMILES string of the molecule is Cc1ccccc1[C@H]1C(/C=N/Nc2ccccc2)=C(c2ccccc2)Oc2ccccc21. The maximum absolute atomic E-state index is 6.49. The fourth-order valence-corrected chi connectivity index (χ4v) is 4.16. The van der Waals surface area contributed by atoms with Crippen LogP contribution in [0.25, 0.3) is 5.76 Å².